The van der Waals surface area contributed by atoms with E-state index in [4.69, 9.17) is 0 Å². The summed E-state index contributed by atoms with van der Waals surface area (Å²) in [5.74, 6) is 0. The van der Waals surface area contributed by atoms with Gasteiger partial charge in [0.1, 0.15) is 22.7 Å². The van der Waals surface area contributed by atoms with E-state index >= 15 is 0 Å². The van der Waals surface area contributed by atoms with E-state index in [2.05, 4.69) is 29.9 Å². The summed E-state index contributed by atoms with van der Waals surface area (Å²) < 4.78 is 0. The van der Waals surface area contributed by atoms with Gasteiger partial charge in [-0.05, 0) is 0 Å². The molecule has 0 atom stereocenters. The molecule has 4 heterocycles. The molecule has 4 aromatic heterocycles. The molecule has 96 valence electrons. The number of aromatic nitrogens is 6. The van der Waals surface area contributed by atoms with Crippen molar-refractivity contribution in [2.24, 2.45) is 0 Å². The van der Waals surface area contributed by atoms with Crippen LogP contribution >= 0.6 is 22.7 Å². The smallest absolute Gasteiger partial charge is 0.155 e. The highest BCUT2D eigenvalue weighted by Gasteiger charge is 2.13. The Kier molecular flexibility index (Phi) is 2.68. The van der Waals surface area contributed by atoms with Gasteiger partial charge in [0.05, 0.1) is 0 Å². The molecule has 0 spiro atoms. The van der Waals surface area contributed by atoms with Crippen LogP contribution in [0.4, 0.5) is 0 Å². The largest absolute Gasteiger partial charge is 0.244 e. The summed E-state index contributed by atoms with van der Waals surface area (Å²) in [6.07, 6.45) is 10.0. The number of nitrogens with zero attached hydrogens (tertiary/aromatic N) is 6. The zero-order valence-electron chi connectivity index (χ0n) is 9.96. The van der Waals surface area contributed by atoms with Crippen LogP contribution in [0.25, 0.3) is 30.8 Å². The minimum absolute atomic E-state index is 0.884. The fraction of sp³-hybridized carbons (Fsp3) is 0. The minimum Gasteiger partial charge on any atom is -0.244 e. The Hall–Kier alpha value is -2.32. The molecule has 0 unspecified atom stereocenters. The van der Waals surface area contributed by atoms with Gasteiger partial charge in [0.2, 0.25) is 0 Å². The Morgan fingerprint density at radius 1 is 0.600 bits per heavy atom. The van der Waals surface area contributed by atoms with Gasteiger partial charge in [0.15, 0.2) is 9.66 Å². The summed E-state index contributed by atoms with van der Waals surface area (Å²) in [4.78, 5) is 27.0. The highest BCUT2D eigenvalue weighted by Crippen LogP contribution is 2.35. The van der Waals surface area contributed by atoms with Gasteiger partial charge in [-0.15, -0.1) is 0 Å². The van der Waals surface area contributed by atoms with Crippen molar-refractivity contribution in [3.8, 4) is 21.1 Å². The standard InChI is InChI=1S/C12H6N6S2/c1-7(2-14-5-13-1)9-17-11-12(19-9)18-10(20-11)8-3-15-6-16-4-8/h1-6H. The number of hydrogen-bond donors (Lipinski definition) is 0. The van der Waals surface area contributed by atoms with E-state index in [0.29, 0.717) is 0 Å². The Bertz CT molecular complexity index is 755. The predicted molar refractivity (Wildman–Crippen MR) is 77.3 cm³/mol. The summed E-state index contributed by atoms with van der Waals surface area (Å²) in [5.41, 5.74) is 1.82. The van der Waals surface area contributed by atoms with Crippen LogP contribution in [0, 0.1) is 0 Å². The van der Waals surface area contributed by atoms with Crippen LogP contribution in [0.2, 0.25) is 0 Å². The second-order valence-electron chi connectivity index (χ2n) is 3.90. The van der Waals surface area contributed by atoms with Gasteiger partial charge in [-0.1, -0.05) is 22.7 Å². The second kappa shape index (κ2) is 4.66. The van der Waals surface area contributed by atoms with E-state index in [0.717, 1.165) is 30.8 Å². The topological polar surface area (TPSA) is 77.3 Å². The quantitative estimate of drug-likeness (QED) is 0.566. The molecule has 0 aromatic carbocycles. The summed E-state index contributed by atoms with van der Waals surface area (Å²) >= 11 is 3.07. The van der Waals surface area contributed by atoms with E-state index in [1.165, 1.54) is 35.3 Å². The number of thiazole rings is 2. The molecule has 4 rings (SSSR count). The first-order chi connectivity index (χ1) is 9.90. The summed E-state index contributed by atoms with van der Waals surface area (Å²) in [5, 5.41) is 1.77. The van der Waals surface area contributed by atoms with Crippen molar-refractivity contribution in [3.05, 3.63) is 37.4 Å². The monoisotopic (exact) mass is 298 g/mol. The highest BCUT2D eigenvalue weighted by atomic mass is 32.1. The van der Waals surface area contributed by atoms with E-state index in [9.17, 15) is 0 Å². The zero-order chi connectivity index (χ0) is 13.4. The van der Waals surface area contributed by atoms with Gasteiger partial charge >= 0.3 is 0 Å². The van der Waals surface area contributed by atoms with Gasteiger partial charge in [-0.2, -0.15) is 0 Å². The third kappa shape index (κ3) is 1.95. The molecular formula is C12H6N6S2. The van der Waals surface area contributed by atoms with Crippen LogP contribution in [0.3, 0.4) is 0 Å². The van der Waals surface area contributed by atoms with Crippen molar-refractivity contribution < 1.29 is 0 Å². The van der Waals surface area contributed by atoms with E-state index in [1.54, 1.807) is 24.8 Å². The van der Waals surface area contributed by atoms with Crippen molar-refractivity contribution in [1.29, 1.82) is 0 Å². The van der Waals surface area contributed by atoms with Crippen LogP contribution < -0.4 is 0 Å². The van der Waals surface area contributed by atoms with Crippen LogP contribution in [0.5, 0.6) is 0 Å². The summed E-state index contributed by atoms with van der Waals surface area (Å²) in [6, 6.07) is 0. The van der Waals surface area contributed by atoms with Gasteiger partial charge in [-0.3, -0.25) is 0 Å². The molecule has 0 aliphatic carbocycles. The van der Waals surface area contributed by atoms with Gasteiger partial charge in [-0.25, -0.2) is 29.9 Å². The fourth-order valence-electron chi connectivity index (χ4n) is 1.71. The molecule has 0 aliphatic rings. The van der Waals surface area contributed by atoms with E-state index in [1.807, 2.05) is 0 Å². The third-order valence-corrected chi connectivity index (χ3v) is 4.72. The minimum atomic E-state index is 0.884. The van der Waals surface area contributed by atoms with Crippen molar-refractivity contribution in [3.63, 3.8) is 0 Å². The van der Waals surface area contributed by atoms with Gasteiger partial charge < -0.3 is 0 Å². The molecule has 6 nitrogen and oxygen atoms in total. The maximum Gasteiger partial charge on any atom is 0.155 e. The molecule has 0 fully saturated rings. The summed E-state index contributed by atoms with van der Waals surface area (Å²) in [6.45, 7) is 0. The lowest BCUT2D eigenvalue weighted by molar-refractivity contribution is 1.17. The highest BCUT2D eigenvalue weighted by molar-refractivity contribution is 7.29. The molecule has 0 saturated heterocycles. The predicted octanol–water partition coefficient (Wildman–Crippen LogP) is 2.67. The Morgan fingerprint density at radius 3 is 1.40 bits per heavy atom. The first kappa shape index (κ1) is 11.5. The molecule has 4 aromatic rings. The molecule has 20 heavy (non-hydrogen) atoms. The van der Waals surface area contributed by atoms with Crippen LogP contribution in [0.1, 0.15) is 0 Å². The Balaban J connectivity index is 1.78. The van der Waals surface area contributed by atoms with E-state index in [-0.39, 0.29) is 0 Å². The maximum atomic E-state index is 4.58. The Labute approximate surface area is 121 Å². The van der Waals surface area contributed by atoms with Crippen LogP contribution in [0.15, 0.2) is 37.4 Å². The normalized spacial score (nSPS) is 11.0. The van der Waals surface area contributed by atoms with Crippen molar-refractivity contribution in [2.75, 3.05) is 0 Å². The first-order valence-electron chi connectivity index (χ1n) is 5.68. The molecule has 0 bridgehead atoms. The number of fused-ring (bicyclic) bond motifs is 1. The molecule has 0 saturated carbocycles. The molecule has 8 heteroatoms. The summed E-state index contributed by atoms with van der Waals surface area (Å²) in [7, 11) is 0. The molecule has 0 N–H and O–H groups in total. The maximum absolute atomic E-state index is 4.58. The molecular weight excluding hydrogens is 292 g/mol. The Morgan fingerprint density at radius 2 is 1.00 bits per heavy atom. The molecule has 0 amide bonds. The molecule has 0 aliphatic heterocycles. The molecule has 0 radical (unpaired) electrons. The van der Waals surface area contributed by atoms with Gasteiger partial charge in [0, 0.05) is 35.9 Å². The van der Waals surface area contributed by atoms with E-state index < -0.39 is 0 Å². The lowest BCUT2D eigenvalue weighted by atomic mass is 10.4. The van der Waals surface area contributed by atoms with Crippen LogP contribution in [-0.2, 0) is 0 Å². The van der Waals surface area contributed by atoms with Crippen molar-refractivity contribution in [1.82, 2.24) is 29.9 Å². The fourth-order valence-corrected chi connectivity index (χ4v) is 3.70. The average molecular weight is 298 g/mol. The average Bonchev–Trinajstić information content (AvgIpc) is 3.08. The first-order valence-corrected chi connectivity index (χ1v) is 7.31. The second-order valence-corrected chi connectivity index (χ2v) is 5.86. The number of rotatable bonds is 2. The SMILES string of the molecule is c1ncc(-c2nc3sc(-c4cncnc4)nc3s2)cn1. The van der Waals surface area contributed by atoms with Gasteiger partial charge in [0.25, 0.3) is 0 Å². The van der Waals surface area contributed by atoms with Crippen molar-refractivity contribution in [2.45, 2.75) is 0 Å². The zero-order valence-corrected chi connectivity index (χ0v) is 11.6. The third-order valence-electron chi connectivity index (χ3n) is 2.59. The number of hydrogen-bond acceptors (Lipinski definition) is 8. The lowest BCUT2D eigenvalue weighted by Gasteiger charge is -1.93. The van der Waals surface area contributed by atoms with Crippen molar-refractivity contribution >= 4 is 32.3 Å². The van der Waals surface area contributed by atoms with Crippen LogP contribution in [-0.4, -0.2) is 29.9 Å². The lowest BCUT2D eigenvalue weighted by Crippen LogP contribution is -1.80.